The third-order valence-corrected chi connectivity index (χ3v) is 4.17. The van der Waals surface area contributed by atoms with Gasteiger partial charge in [0.2, 0.25) is 5.95 Å². The first-order valence-electron chi connectivity index (χ1n) is 8.98. The summed E-state index contributed by atoms with van der Waals surface area (Å²) in [4.78, 5) is 9.32. The lowest BCUT2D eigenvalue weighted by atomic mass is 10.1. The molecule has 0 atom stereocenters. The van der Waals surface area contributed by atoms with E-state index in [1.807, 2.05) is 91.0 Å². The molecule has 0 fully saturated rings. The molecule has 5 heteroatoms. The fourth-order valence-corrected chi connectivity index (χ4v) is 2.82. The van der Waals surface area contributed by atoms with Gasteiger partial charge in [0.15, 0.2) is 0 Å². The highest BCUT2D eigenvalue weighted by Crippen LogP contribution is 2.26. The Bertz CT molecular complexity index is 1050. The molecule has 0 aliphatic rings. The molecule has 0 aliphatic carbocycles. The molecule has 0 saturated heterocycles. The van der Waals surface area contributed by atoms with Gasteiger partial charge in [-0.05, 0) is 24.3 Å². The summed E-state index contributed by atoms with van der Waals surface area (Å²) >= 11 is 0. The van der Waals surface area contributed by atoms with Crippen LogP contribution in [0.3, 0.4) is 0 Å². The number of rotatable bonds is 6. The van der Waals surface area contributed by atoms with Gasteiger partial charge < -0.3 is 15.4 Å². The normalized spacial score (nSPS) is 10.3. The van der Waals surface area contributed by atoms with E-state index in [-0.39, 0.29) is 0 Å². The number of anilines is 4. The molecule has 0 saturated carbocycles. The first-order valence-corrected chi connectivity index (χ1v) is 8.98. The van der Waals surface area contributed by atoms with Crippen LogP contribution in [-0.2, 0) is 0 Å². The van der Waals surface area contributed by atoms with E-state index in [1.54, 1.807) is 7.11 Å². The van der Waals surface area contributed by atoms with Gasteiger partial charge in [0, 0.05) is 29.1 Å². The zero-order chi connectivity index (χ0) is 19.2. The van der Waals surface area contributed by atoms with Crippen LogP contribution in [0.5, 0.6) is 5.75 Å². The molecule has 0 aliphatic heterocycles. The van der Waals surface area contributed by atoms with Crippen molar-refractivity contribution in [3.63, 3.8) is 0 Å². The lowest BCUT2D eigenvalue weighted by molar-refractivity contribution is 0.415. The maximum atomic E-state index is 5.30. The predicted molar refractivity (Wildman–Crippen MR) is 113 cm³/mol. The van der Waals surface area contributed by atoms with Crippen LogP contribution in [0.25, 0.3) is 11.3 Å². The van der Waals surface area contributed by atoms with Crippen LogP contribution in [0.2, 0.25) is 0 Å². The maximum Gasteiger partial charge on any atom is 0.229 e. The molecular formula is C23H20N4O. The second-order valence-corrected chi connectivity index (χ2v) is 6.18. The summed E-state index contributed by atoms with van der Waals surface area (Å²) in [6.07, 6.45) is 0. The Balaban J connectivity index is 1.71. The van der Waals surface area contributed by atoms with E-state index < -0.39 is 0 Å². The van der Waals surface area contributed by atoms with Crippen LogP contribution in [0.4, 0.5) is 23.1 Å². The number of hydrogen-bond donors (Lipinski definition) is 2. The van der Waals surface area contributed by atoms with Gasteiger partial charge in [-0.3, -0.25) is 0 Å². The second-order valence-electron chi connectivity index (χ2n) is 6.18. The third kappa shape index (κ3) is 4.27. The second kappa shape index (κ2) is 8.22. The van der Waals surface area contributed by atoms with Crippen molar-refractivity contribution in [3.05, 3.63) is 91.0 Å². The molecule has 3 aromatic carbocycles. The zero-order valence-corrected chi connectivity index (χ0v) is 15.5. The van der Waals surface area contributed by atoms with Crippen molar-refractivity contribution in [3.8, 4) is 17.0 Å². The van der Waals surface area contributed by atoms with E-state index in [0.717, 1.165) is 28.4 Å². The van der Waals surface area contributed by atoms with Gasteiger partial charge in [-0.2, -0.15) is 4.98 Å². The molecule has 1 aromatic heterocycles. The van der Waals surface area contributed by atoms with Crippen LogP contribution in [0.1, 0.15) is 0 Å². The van der Waals surface area contributed by atoms with Crippen molar-refractivity contribution in [2.45, 2.75) is 0 Å². The molecule has 138 valence electrons. The summed E-state index contributed by atoms with van der Waals surface area (Å²) in [6.45, 7) is 0. The van der Waals surface area contributed by atoms with E-state index in [0.29, 0.717) is 11.8 Å². The molecule has 4 rings (SSSR count). The van der Waals surface area contributed by atoms with Crippen molar-refractivity contribution >= 4 is 23.1 Å². The monoisotopic (exact) mass is 368 g/mol. The summed E-state index contributed by atoms with van der Waals surface area (Å²) in [5.74, 6) is 1.99. The number of hydrogen-bond acceptors (Lipinski definition) is 5. The molecule has 0 unspecified atom stereocenters. The minimum Gasteiger partial charge on any atom is -0.497 e. The standard InChI is InChI=1S/C23H20N4O/c1-28-20-14-8-13-19(15-20)25-23-26-21(17-9-4-2-5-10-17)16-22(27-23)24-18-11-6-3-7-12-18/h2-16H,1H3,(H2,24,25,26,27). The van der Waals surface area contributed by atoms with E-state index in [1.165, 1.54) is 0 Å². The maximum absolute atomic E-state index is 5.30. The summed E-state index contributed by atoms with van der Waals surface area (Å²) in [7, 11) is 1.65. The Morgan fingerprint density at radius 3 is 2.14 bits per heavy atom. The number of methoxy groups -OCH3 is 1. The first kappa shape index (κ1) is 17.5. The number of para-hydroxylation sites is 1. The molecular weight excluding hydrogens is 348 g/mol. The van der Waals surface area contributed by atoms with Crippen LogP contribution in [0, 0.1) is 0 Å². The van der Waals surface area contributed by atoms with Gasteiger partial charge in [0.05, 0.1) is 12.8 Å². The van der Waals surface area contributed by atoms with E-state index in [9.17, 15) is 0 Å². The smallest absolute Gasteiger partial charge is 0.229 e. The molecule has 0 amide bonds. The largest absolute Gasteiger partial charge is 0.497 e. The Labute approximate surface area is 164 Å². The number of benzene rings is 3. The number of ether oxygens (including phenoxy) is 1. The summed E-state index contributed by atoms with van der Waals surface area (Å²) < 4.78 is 5.30. The van der Waals surface area contributed by atoms with Crippen LogP contribution >= 0.6 is 0 Å². The van der Waals surface area contributed by atoms with Gasteiger partial charge >= 0.3 is 0 Å². The van der Waals surface area contributed by atoms with E-state index >= 15 is 0 Å². The minimum absolute atomic E-state index is 0.507. The third-order valence-electron chi connectivity index (χ3n) is 4.17. The number of aromatic nitrogens is 2. The average Bonchev–Trinajstić information content (AvgIpc) is 2.75. The van der Waals surface area contributed by atoms with Gasteiger partial charge in [0.1, 0.15) is 11.6 Å². The van der Waals surface area contributed by atoms with Crippen LogP contribution in [0.15, 0.2) is 91.0 Å². The van der Waals surface area contributed by atoms with E-state index in [4.69, 9.17) is 9.72 Å². The van der Waals surface area contributed by atoms with Crippen molar-refractivity contribution < 1.29 is 4.74 Å². The molecule has 28 heavy (non-hydrogen) atoms. The van der Waals surface area contributed by atoms with Crippen molar-refractivity contribution in [1.82, 2.24) is 9.97 Å². The lowest BCUT2D eigenvalue weighted by Gasteiger charge is -2.12. The average molecular weight is 368 g/mol. The molecule has 0 bridgehead atoms. The number of nitrogens with zero attached hydrogens (tertiary/aromatic N) is 2. The fraction of sp³-hybridized carbons (Fsp3) is 0.0435. The Kier molecular flexibility index (Phi) is 5.15. The van der Waals surface area contributed by atoms with E-state index in [2.05, 4.69) is 15.6 Å². The van der Waals surface area contributed by atoms with Gasteiger partial charge in [-0.25, -0.2) is 4.98 Å². The Morgan fingerprint density at radius 2 is 1.39 bits per heavy atom. The molecule has 0 radical (unpaired) electrons. The fourth-order valence-electron chi connectivity index (χ4n) is 2.82. The van der Waals surface area contributed by atoms with Crippen molar-refractivity contribution in [1.29, 1.82) is 0 Å². The number of nitrogens with one attached hydrogen (secondary N) is 2. The van der Waals surface area contributed by atoms with Gasteiger partial charge in [0.25, 0.3) is 0 Å². The van der Waals surface area contributed by atoms with Crippen molar-refractivity contribution in [2.24, 2.45) is 0 Å². The molecule has 2 N–H and O–H groups in total. The molecule has 5 nitrogen and oxygen atoms in total. The Morgan fingerprint density at radius 1 is 0.679 bits per heavy atom. The Hall–Kier alpha value is -3.86. The highest BCUT2D eigenvalue weighted by atomic mass is 16.5. The lowest BCUT2D eigenvalue weighted by Crippen LogP contribution is -2.02. The summed E-state index contributed by atoms with van der Waals surface area (Å²) in [5.41, 5.74) is 3.68. The predicted octanol–water partition coefficient (Wildman–Crippen LogP) is 5.64. The first-order chi connectivity index (χ1) is 13.8. The SMILES string of the molecule is COc1cccc(Nc2nc(Nc3ccccc3)cc(-c3ccccc3)n2)c1. The summed E-state index contributed by atoms with van der Waals surface area (Å²) in [6, 6.07) is 29.6. The van der Waals surface area contributed by atoms with Gasteiger partial charge in [-0.1, -0.05) is 54.6 Å². The van der Waals surface area contributed by atoms with Crippen LogP contribution in [-0.4, -0.2) is 17.1 Å². The van der Waals surface area contributed by atoms with Gasteiger partial charge in [-0.15, -0.1) is 0 Å². The minimum atomic E-state index is 0.507. The molecule has 4 aromatic rings. The molecule has 1 heterocycles. The zero-order valence-electron chi connectivity index (χ0n) is 15.5. The van der Waals surface area contributed by atoms with Crippen molar-refractivity contribution in [2.75, 3.05) is 17.7 Å². The summed E-state index contributed by atoms with van der Waals surface area (Å²) in [5, 5.41) is 6.62. The molecule has 0 spiro atoms. The highest BCUT2D eigenvalue weighted by Gasteiger charge is 2.08. The highest BCUT2D eigenvalue weighted by molar-refractivity contribution is 5.69. The van der Waals surface area contributed by atoms with Crippen LogP contribution < -0.4 is 15.4 Å². The topological polar surface area (TPSA) is 59.1 Å². The quantitative estimate of drug-likeness (QED) is 0.461.